The molecule has 0 spiro atoms. The van der Waals surface area contributed by atoms with Gasteiger partial charge in [0, 0.05) is 23.7 Å². The van der Waals surface area contributed by atoms with Crippen LogP contribution in [-0.2, 0) is 9.59 Å². The maximum absolute atomic E-state index is 13.4. The van der Waals surface area contributed by atoms with E-state index >= 15 is 0 Å². The lowest BCUT2D eigenvalue weighted by atomic mass is 9.45. The number of halogens is 1. The highest BCUT2D eigenvalue weighted by Gasteiger charge is 2.71. The van der Waals surface area contributed by atoms with E-state index in [4.69, 9.17) is 11.6 Å². The average molecular weight is 351 g/mol. The van der Waals surface area contributed by atoms with Crippen molar-refractivity contribution in [3.8, 4) is 0 Å². The summed E-state index contributed by atoms with van der Waals surface area (Å²) in [4.78, 5) is 24.3. The molecule has 0 saturated heterocycles. The summed E-state index contributed by atoms with van der Waals surface area (Å²) in [6.07, 6.45) is 6.63. The Bertz CT molecular complexity index is 666. The van der Waals surface area contributed by atoms with E-state index in [2.05, 4.69) is 13.8 Å². The van der Waals surface area contributed by atoms with E-state index in [0.29, 0.717) is 19.3 Å². The molecular formula is C20H27ClO3. The predicted molar refractivity (Wildman–Crippen MR) is 92.8 cm³/mol. The number of Topliss-reactive ketones (excluding diaryl/α,β-unsaturated/α-hetero) is 1. The van der Waals surface area contributed by atoms with Gasteiger partial charge in [0.1, 0.15) is 4.87 Å². The van der Waals surface area contributed by atoms with E-state index in [1.54, 1.807) is 6.08 Å². The lowest BCUT2D eigenvalue weighted by molar-refractivity contribution is -0.153. The molecular weight excluding hydrogens is 324 g/mol. The fourth-order valence-corrected chi connectivity index (χ4v) is 7.05. The van der Waals surface area contributed by atoms with Gasteiger partial charge in [0.05, 0.1) is 5.60 Å². The van der Waals surface area contributed by atoms with Gasteiger partial charge in [-0.1, -0.05) is 19.4 Å². The van der Waals surface area contributed by atoms with Gasteiger partial charge in [0.15, 0.2) is 11.6 Å². The van der Waals surface area contributed by atoms with Crippen LogP contribution in [0.15, 0.2) is 11.6 Å². The summed E-state index contributed by atoms with van der Waals surface area (Å²) in [5.41, 5.74) is -0.523. The first-order valence-electron chi connectivity index (χ1n) is 9.25. The zero-order valence-corrected chi connectivity index (χ0v) is 15.6. The zero-order valence-electron chi connectivity index (χ0n) is 14.8. The molecule has 132 valence electrons. The van der Waals surface area contributed by atoms with E-state index in [1.807, 2.05) is 6.92 Å². The minimum Gasteiger partial charge on any atom is -0.390 e. The Balaban J connectivity index is 1.84. The van der Waals surface area contributed by atoms with Crippen molar-refractivity contribution in [3.05, 3.63) is 11.6 Å². The van der Waals surface area contributed by atoms with Crippen molar-refractivity contribution in [1.29, 1.82) is 0 Å². The Hall–Kier alpha value is -0.670. The molecule has 0 aromatic carbocycles. The van der Waals surface area contributed by atoms with Crippen molar-refractivity contribution in [2.45, 2.75) is 76.2 Å². The Kier molecular flexibility index (Phi) is 3.31. The SMILES string of the molecule is C[C@]1(O)CC[C@H]2[C@@H]3CCC4=CC(=O)CC[C@]4(C)[C@@]3(Cl)C(=O)C[C@@]21C. The van der Waals surface area contributed by atoms with Gasteiger partial charge >= 0.3 is 0 Å². The molecule has 24 heavy (non-hydrogen) atoms. The number of rotatable bonds is 0. The summed E-state index contributed by atoms with van der Waals surface area (Å²) in [7, 11) is 0. The first kappa shape index (κ1) is 16.8. The highest BCUT2D eigenvalue weighted by atomic mass is 35.5. The number of hydrogen-bond donors (Lipinski definition) is 1. The molecule has 6 atom stereocenters. The predicted octanol–water partition coefficient (Wildman–Crippen LogP) is 3.81. The molecule has 0 radical (unpaired) electrons. The highest BCUT2D eigenvalue weighted by Crippen LogP contribution is 2.69. The number of allylic oxidation sites excluding steroid dienone is 1. The summed E-state index contributed by atoms with van der Waals surface area (Å²) >= 11 is 7.23. The molecule has 3 nitrogen and oxygen atoms in total. The molecule has 0 heterocycles. The van der Waals surface area contributed by atoms with Crippen LogP contribution < -0.4 is 0 Å². The largest absolute Gasteiger partial charge is 0.390 e. The van der Waals surface area contributed by atoms with Crippen LogP contribution in [0.2, 0.25) is 0 Å². The molecule has 0 amide bonds. The van der Waals surface area contributed by atoms with Gasteiger partial charge in [-0.2, -0.15) is 0 Å². The Morgan fingerprint density at radius 1 is 1.08 bits per heavy atom. The van der Waals surface area contributed by atoms with Crippen molar-refractivity contribution in [2.24, 2.45) is 22.7 Å². The van der Waals surface area contributed by atoms with Crippen molar-refractivity contribution in [3.63, 3.8) is 0 Å². The zero-order chi connectivity index (χ0) is 17.5. The molecule has 0 aliphatic heterocycles. The van der Waals surface area contributed by atoms with Gasteiger partial charge in [-0.15, -0.1) is 11.6 Å². The quantitative estimate of drug-likeness (QED) is 0.676. The van der Waals surface area contributed by atoms with Gasteiger partial charge in [-0.25, -0.2) is 0 Å². The molecule has 3 saturated carbocycles. The minimum atomic E-state index is -0.914. The average Bonchev–Trinajstić information content (AvgIpc) is 2.72. The number of carbonyl (C=O) groups is 2. The van der Waals surface area contributed by atoms with Gasteiger partial charge in [-0.05, 0) is 56.9 Å². The van der Waals surface area contributed by atoms with Crippen molar-refractivity contribution in [1.82, 2.24) is 0 Å². The number of aliphatic hydroxyl groups is 1. The normalized spacial score (nSPS) is 54.0. The summed E-state index contributed by atoms with van der Waals surface area (Å²) in [5.74, 6) is 0.615. The number of hydrogen-bond acceptors (Lipinski definition) is 3. The molecule has 0 bridgehead atoms. The van der Waals surface area contributed by atoms with Crippen LogP contribution in [0.25, 0.3) is 0 Å². The lowest BCUT2D eigenvalue weighted by Crippen LogP contribution is -2.66. The number of carbonyl (C=O) groups excluding carboxylic acids is 2. The maximum Gasteiger partial charge on any atom is 0.155 e. The second-order valence-corrected chi connectivity index (χ2v) is 9.86. The molecule has 0 unspecified atom stereocenters. The number of fused-ring (bicyclic) bond motifs is 5. The Morgan fingerprint density at radius 3 is 2.50 bits per heavy atom. The molecule has 4 aliphatic carbocycles. The first-order valence-corrected chi connectivity index (χ1v) is 9.62. The second kappa shape index (κ2) is 4.73. The third-order valence-corrected chi connectivity index (χ3v) is 9.27. The fourth-order valence-electron chi connectivity index (χ4n) is 6.50. The summed E-state index contributed by atoms with van der Waals surface area (Å²) in [5, 5.41) is 10.9. The minimum absolute atomic E-state index is 0.0811. The Labute approximate surface area is 148 Å². The molecule has 4 aliphatic rings. The third kappa shape index (κ3) is 1.73. The van der Waals surface area contributed by atoms with E-state index in [9.17, 15) is 14.7 Å². The van der Waals surface area contributed by atoms with Crippen molar-refractivity contribution in [2.75, 3.05) is 0 Å². The summed E-state index contributed by atoms with van der Waals surface area (Å²) in [6.45, 7) is 6.06. The maximum atomic E-state index is 13.4. The van der Waals surface area contributed by atoms with Crippen LogP contribution in [0.1, 0.15) is 65.7 Å². The van der Waals surface area contributed by atoms with Crippen LogP contribution in [0, 0.1) is 22.7 Å². The van der Waals surface area contributed by atoms with Gasteiger partial charge in [-0.3, -0.25) is 9.59 Å². The monoisotopic (exact) mass is 350 g/mol. The molecule has 0 aromatic heterocycles. The standard InChI is InChI=1S/C20H27ClO3/c1-17-8-6-13(22)10-12(17)4-5-15-14-7-9-19(3,24)18(14,2)11-16(23)20(15,17)21/h10,14-15,24H,4-9,11H2,1-3H3/t14-,15-,17-,18-,19-,20-/m0/s1. The van der Waals surface area contributed by atoms with E-state index in [1.165, 1.54) is 0 Å². The third-order valence-electron chi connectivity index (χ3n) is 8.36. The van der Waals surface area contributed by atoms with E-state index < -0.39 is 15.9 Å². The molecule has 4 heteroatoms. The highest BCUT2D eigenvalue weighted by molar-refractivity contribution is 6.37. The lowest BCUT2D eigenvalue weighted by Gasteiger charge is -2.61. The summed E-state index contributed by atoms with van der Waals surface area (Å²) in [6, 6.07) is 0. The first-order chi connectivity index (χ1) is 11.1. The summed E-state index contributed by atoms with van der Waals surface area (Å²) < 4.78 is 0. The van der Waals surface area contributed by atoms with Crippen LogP contribution in [0.3, 0.4) is 0 Å². The van der Waals surface area contributed by atoms with E-state index in [-0.39, 0.29) is 28.8 Å². The fraction of sp³-hybridized carbons (Fsp3) is 0.800. The number of ketones is 2. The van der Waals surface area contributed by atoms with Crippen LogP contribution in [-0.4, -0.2) is 27.1 Å². The molecule has 0 aromatic rings. The van der Waals surface area contributed by atoms with Crippen LogP contribution >= 0.6 is 11.6 Å². The number of alkyl halides is 1. The van der Waals surface area contributed by atoms with Gasteiger partial charge in [0.25, 0.3) is 0 Å². The van der Waals surface area contributed by atoms with Crippen molar-refractivity contribution >= 4 is 23.2 Å². The topological polar surface area (TPSA) is 54.4 Å². The van der Waals surface area contributed by atoms with Crippen LogP contribution in [0.4, 0.5) is 0 Å². The van der Waals surface area contributed by atoms with Crippen LogP contribution in [0.5, 0.6) is 0 Å². The smallest absolute Gasteiger partial charge is 0.155 e. The molecule has 1 N–H and O–H groups in total. The Morgan fingerprint density at radius 2 is 1.79 bits per heavy atom. The molecule has 3 fully saturated rings. The van der Waals surface area contributed by atoms with Crippen molar-refractivity contribution < 1.29 is 14.7 Å². The van der Waals surface area contributed by atoms with E-state index in [0.717, 1.165) is 31.3 Å². The second-order valence-electron chi connectivity index (χ2n) is 9.26. The molecule has 4 rings (SSSR count). The van der Waals surface area contributed by atoms with Gasteiger partial charge in [0.2, 0.25) is 0 Å². The van der Waals surface area contributed by atoms with Gasteiger partial charge < -0.3 is 5.11 Å².